The van der Waals surface area contributed by atoms with Crippen molar-refractivity contribution in [3.05, 3.63) is 47.8 Å². The molecule has 2 N–H and O–H groups in total. The predicted octanol–water partition coefficient (Wildman–Crippen LogP) is 1.57. The van der Waals surface area contributed by atoms with E-state index in [0.717, 1.165) is 37.2 Å². The van der Waals surface area contributed by atoms with Gasteiger partial charge in [-0.2, -0.15) is 5.10 Å². The number of hydrogen-bond donors (Lipinski definition) is 1. The molecule has 5 heteroatoms. The summed E-state index contributed by atoms with van der Waals surface area (Å²) in [7, 11) is 0. The van der Waals surface area contributed by atoms with E-state index in [0.29, 0.717) is 12.1 Å². The molecule has 0 bridgehead atoms. The third-order valence-electron chi connectivity index (χ3n) is 3.65. The van der Waals surface area contributed by atoms with Gasteiger partial charge in [-0.05, 0) is 25.0 Å². The first-order valence-electron chi connectivity index (χ1n) is 6.92. The fourth-order valence-corrected chi connectivity index (χ4v) is 2.54. The average Bonchev–Trinajstić information content (AvgIpc) is 3.17. The van der Waals surface area contributed by atoms with Gasteiger partial charge in [0, 0.05) is 31.4 Å². The van der Waals surface area contributed by atoms with Crippen molar-refractivity contribution >= 4 is 5.91 Å². The second-order valence-corrected chi connectivity index (χ2v) is 5.01. The Hall–Kier alpha value is -2.14. The number of nitrogens with zero attached hydrogens (tertiary/aromatic N) is 3. The van der Waals surface area contributed by atoms with Crippen LogP contribution in [-0.2, 0) is 6.54 Å². The van der Waals surface area contributed by atoms with Crippen LogP contribution in [-0.4, -0.2) is 33.7 Å². The third-order valence-corrected chi connectivity index (χ3v) is 3.65. The van der Waals surface area contributed by atoms with Crippen molar-refractivity contribution in [1.29, 1.82) is 0 Å². The molecule has 5 nitrogen and oxygen atoms in total. The quantitative estimate of drug-likeness (QED) is 0.920. The smallest absolute Gasteiger partial charge is 0.256 e. The van der Waals surface area contributed by atoms with Crippen molar-refractivity contribution in [2.75, 3.05) is 13.1 Å². The van der Waals surface area contributed by atoms with E-state index in [-0.39, 0.29) is 5.91 Å². The number of nitrogens with two attached hydrogens (primary N) is 1. The molecule has 1 aliphatic heterocycles. The summed E-state index contributed by atoms with van der Waals surface area (Å²) >= 11 is 0. The highest BCUT2D eigenvalue weighted by Gasteiger charge is 2.22. The SMILES string of the molecule is NCc1cnn(-c2ccccc2C(=O)N2CCCC2)c1. The predicted molar refractivity (Wildman–Crippen MR) is 76.6 cm³/mol. The fraction of sp³-hybridized carbons (Fsp3) is 0.333. The Balaban J connectivity index is 1.97. The Labute approximate surface area is 118 Å². The van der Waals surface area contributed by atoms with Gasteiger partial charge in [0.1, 0.15) is 0 Å². The zero-order chi connectivity index (χ0) is 13.9. The maximum atomic E-state index is 12.6. The van der Waals surface area contributed by atoms with Gasteiger partial charge < -0.3 is 10.6 Å². The second-order valence-electron chi connectivity index (χ2n) is 5.01. The summed E-state index contributed by atoms with van der Waals surface area (Å²) in [6.45, 7) is 2.14. The summed E-state index contributed by atoms with van der Waals surface area (Å²) in [6, 6.07) is 7.58. The Bertz CT molecular complexity index is 614. The van der Waals surface area contributed by atoms with Crippen LogP contribution >= 0.6 is 0 Å². The summed E-state index contributed by atoms with van der Waals surface area (Å²) in [5, 5.41) is 4.29. The first-order chi connectivity index (χ1) is 9.79. The number of hydrogen-bond acceptors (Lipinski definition) is 3. The van der Waals surface area contributed by atoms with E-state index in [1.54, 1.807) is 10.9 Å². The first-order valence-corrected chi connectivity index (χ1v) is 6.92. The Morgan fingerprint density at radius 3 is 2.70 bits per heavy atom. The van der Waals surface area contributed by atoms with Gasteiger partial charge in [-0.25, -0.2) is 4.68 Å². The van der Waals surface area contributed by atoms with Crippen LogP contribution in [0.3, 0.4) is 0 Å². The highest BCUT2D eigenvalue weighted by molar-refractivity contribution is 5.97. The van der Waals surface area contributed by atoms with E-state index in [1.807, 2.05) is 35.4 Å². The molecule has 20 heavy (non-hydrogen) atoms. The van der Waals surface area contributed by atoms with E-state index in [9.17, 15) is 4.79 Å². The molecule has 0 saturated carbocycles. The van der Waals surface area contributed by atoms with E-state index >= 15 is 0 Å². The zero-order valence-electron chi connectivity index (χ0n) is 11.3. The van der Waals surface area contributed by atoms with Crippen LogP contribution in [0.15, 0.2) is 36.7 Å². The Morgan fingerprint density at radius 1 is 1.25 bits per heavy atom. The summed E-state index contributed by atoms with van der Waals surface area (Å²) in [4.78, 5) is 14.5. The minimum Gasteiger partial charge on any atom is -0.339 e. The van der Waals surface area contributed by atoms with Crippen LogP contribution < -0.4 is 5.73 Å². The van der Waals surface area contributed by atoms with Gasteiger partial charge >= 0.3 is 0 Å². The number of rotatable bonds is 3. The molecule has 2 heterocycles. The highest BCUT2D eigenvalue weighted by Crippen LogP contribution is 2.19. The molecule has 1 aromatic carbocycles. The molecular weight excluding hydrogens is 252 g/mol. The Kier molecular flexibility index (Phi) is 3.52. The normalized spacial score (nSPS) is 14.8. The van der Waals surface area contributed by atoms with Crippen LogP contribution in [0.25, 0.3) is 5.69 Å². The fourth-order valence-electron chi connectivity index (χ4n) is 2.54. The summed E-state index contributed by atoms with van der Waals surface area (Å²) in [6.07, 6.45) is 5.78. The van der Waals surface area contributed by atoms with Gasteiger partial charge in [0.25, 0.3) is 5.91 Å². The number of benzene rings is 1. The lowest BCUT2D eigenvalue weighted by Gasteiger charge is -2.17. The number of carbonyl (C=O) groups is 1. The minimum absolute atomic E-state index is 0.0860. The Morgan fingerprint density at radius 2 is 2.00 bits per heavy atom. The largest absolute Gasteiger partial charge is 0.339 e. The van der Waals surface area contributed by atoms with Crippen molar-refractivity contribution in [2.45, 2.75) is 19.4 Å². The van der Waals surface area contributed by atoms with E-state index in [1.165, 1.54) is 0 Å². The molecule has 1 aromatic heterocycles. The van der Waals surface area contributed by atoms with Gasteiger partial charge in [0.2, 0.25) is 0 Å². The molecule has 1 saturated heterocycles. The lowest BCUT2D eigenvalue weighted by molar-refractivity contribution is 0.0792. The van der Waals surface area contributed by atoms with Crippen molar-refractivity contribution < 1.29 is 4.79 Å². The molecule has 3 rings (SSSR count). The number of para-hydroxylation sites is 1. The van der Waals surface area contributed by atoms with Crippen LogP contribution in [0.1, 0.15) is 28.8 Å². The summed E-state index contributed by atoms with van der Waals surface area (Å²) in [5.41, 5.74) is 8.07. The summed E-state index contributed by atoms with van der Waals surface area (Å²) in [5.74, 6) is 0.0860. The van der Waals surface area contributed by atoms with Gasteiger partial charge in [0.05, 0.1) is 17.4 Å². The number of amides is 1. The van der Waals surface area contributed by atoms with Crippen LogP contribution in [0, 0.1) is 0 Å². The number of aromatic nitrogens is 2. The van der Waals surface area contributed by atoms with E-state index in [4.69, 9.17) is 5.73 Å². The third kappa shape index (κ3) is 2.32. The molecule has 0 aliphatic carbocycles. The van der Waals surface area contributed by atoms with Crippen LogP contribution in [0.4, 0.5) is 0 Å². The molecule has 1 aliphatic rings. The monoisotopic (exact) mass is 270 g/mol. The van der Waals surface area contributed by atoms with Crippen molar-refractivity contribution in [3.63, 3.8) is 0 Å². The number of likely N-dealkylation sites (tertiary alicyclic amines) is 1. The lowest BCUT2D eigenvalue weighted by atomic mass is 10.1. The molecule has 0 unspecified atom stereocenters. The van der Waals surface area contributed by atoms with Crippen molar-refractivity contribution in [1.82, 2.24) is 14.7 Å². The molecule has 0 atom stereocenters. The van der Waals surface area contributed by atoms with Gasteiger partial charge in [-0.1, -0.05) is 12.1 Å². The maximum absolute atomic E-state index is 12.6. The first kappa shape index (κ1) is 12.9. The van der Waals surface area contributed by atoms with Gasteiger partial charge in [-0.15, -0.1) is 0 Å². The lowest BCUT2D eigenvalue weighted by Crippen LogP contribution is -2.28. The van der Waals surface area contributed by atoms with Crippen LogP contribution in [0.2, 0.25) is 0 Å². The van der Waals surface area contributed by atoms with Crippen molar-refractivity contribution in [3.8, 4) is 5.69 Å². The van der Waals surface area contributed by atoms with Crippen molar-refractivity contribution in [2.24, 2.45) is 5.73 Å². The zero-order valence-corrected chi connectivity index (χ0v) is 11.3. The van der Waals surface area contributed by atoms with Gasteiger partial charge in [0.15, 0.2) is 0 Å². The minimum atomic E-state index is 0.0860. The highest BCUT2D eigenvalue weighted by atomic mass is 16.2. The van der Waals surface area contributed by atoms with Gasteiger partial charge in [-0.3, -0.25) is 4.79 Å². The molecule has 2 aromatic rings. The maximum Gasteiger partial charge on any atom is 0.256 e. The summed E-state index contributed by atoms with van der Waals surface area (Å²) < 4.78 is 1.73. The van der Waals surface area contributed by atoms with Crippen LogP contribution in [0.5, 0.6) is 0 Å². The topological polar surface area (TPSA) is 64.1 Å². The molecule has 0 radical (unpaired) electrons. The molecular formula is C15H18N4O. The van der Waals surface area contributed by atoms with E-state index < -0.39 is 0 Å². The molecule has 1 amide bonds. The number of carbonyl (C=O) groups excluding carboxylic acids is 1. The second kappa shape index (κ2) is 5.46. The standard InChI is InChI=1S/C15H18N4O/c16-9-12-10-17-19(11-12)14-6-2-1-5-13(14)15(20)18-7-3-4-8-18/h1-2,5-6,10-11H,3-4,7-9,16H2. The van der Waals surface area contributed by atoms with E-state index in [2.05, 4.69) is 5.10 Å². The molecule has 1 fully saturated rings. The molecule has 104 valence electrons. The average molecular weight is 270 g/mol. The molecule has 0 spiro atoms.